The Kier molecular flexibility index (Phi) is 12.4. The first kappa shape index (κ1) is 29.6. The van der Waals surface area contributed by atoms with Crippen LogP contribution in [0.5, 0.6) is 11.5 Å². The minimum Gasteiger partial charge on any atom is -0.457 e. The van der Waals surface area contributed by atoms with E-state index in [-0.39, 0.29) is 6.54 Å². The molecule has 7 nitrogen and oxygen atoms in total. The van der Waals surface area contributed by atoms with Crippen LogP contribution in [-0.4, -0.2) is 35.4 Å². The van der Waals surface area contributed by atoms with Crippen molar-refractivity contribution in [3.63, 3.8) is 0 Å². The second-order valence-electron chi connectivity index (χ2n) is 8.31. The van der Waals surface area contributed by atoms with Gasteiger partial charge in [0.2, 0.25) is 0 Å². The maximum atomic E-state index is 11.3. The molecule has 2 aromatic carbocycles. The number of carbonyl (C=O) groups excluding carboxylic acids is 1. The molecule has 0 bridgehead atoms. The number of pyridine rings is 1. The molecule has 198 valence electrons. The molecule has 7 heteroatoms. The quantitative estimate of drug-likeness (QED) is 0.326. The lowest BCUT2D eigenvalue weighted by atomic mass is 10.00. The number of benzene rings is 2. The fraction of sp³-hybridized carbons (Fsp3) is 0.400. The zero-order valence-electron chi connectivity index (χ0n) is 22.8. The molecule has 4 rings (SSSR count). The molecule has 1 aliphatic rings. The molecule has 0 radical (unpaired) electrons. The average Bonchev–Trinajstić information content (AvgIpc) is 2.96. The standard InChI is InChI=1S/C26H28N4O3.2C2H6/c1-18-22-12-11-21(33-20-9-5-3-6-10-20)15-23(22)24(17-30-13-7-4-8-14-30)28-26(18)19(2)27-16-25(31)29-32;2*1-2/h3,5-6,9-12,15,27H,2,4,7-8,13-14,16-17H2,1H3;2*1-2H3. The highest BCUT2D eigenvalue weighted by Crippen LogP contribution is 2.32. The summed E-state index contributed by atoms with van der Waals surface area (Å²) in [6, 6.07) is 15.7. The molecule has 1 fully saturated rings. The first-order valence-electron chi connectivity index (χ1n) is 13.2. The predicted octanol–water partition coefficient (Wildman–Crippen LogP) is 7.23. The minimum absolute atomic E-state index is 0.202. The Morgan fingerprint density at radius 2 is 1.68 bits per heavy atom. The van der Waals surface area contributed by atoms with Gasteiger partial charge < -0.3 is 10.1 Å². The number of aromatic nitrogens is 1. The van der Waals surface area contributed by atoms with Crippen molar-refractivity contribution in [3.05, 3.63) is 77.0 Å². The maximum absolute atomic E-state index is 11.3. The van der Waals surface area contributed by atoms with E-state index in [0.29, 0.717) is 11.4 Å². The van der Waals surface area contributed by atoms with E-state index in [1.165, 1.54) is 19.3 Å². The number of nitrogens with zero attached hydrogens (tertiary/aromatic N) is 3. The molecule has 37 heavy (non-hydrogen) atoms. The Bertz CT molecular complexity index is 1170. The number of aryl methyl sites for hydroxylation is 1. The monoisotopic (exact) mass is 504 g/mol. The Morgan fingerprint density at radius 1 is 1.00 bits per heavy atom. The minimum atomic E-state index is -0.772. The first-order valence-corrected chi connectivity index (χ1v) is 13.2. The van der Waals surface area contributed by atoms with Gasteiger partial charge in [-0.3, -0.25) is 9.69 Å². The fourth-order valence-electron chi connectivity index (χ4n) is 4.23. The number of nitroso groups, excluding NO2 is 1. The van der Waals surface area contributed by atoms with Crippen molar-refractivity contribution in [2.24, 2.45) is 5.18 Å². The molecule has 0 unspecified atom stereocenters. The Morgan fingerprint density at radius 3 is 2.32 bits per heavy atom. The summed E-state index contributed by atoms with van der Waals surface area (Å²) in [5.41, 5.74) is 3.07. The summed E-state index contributed by atoms with van der Waals surface area (Å²) in [6.07, 6.45) is 3.64. The second kappa shape index (κ2) is 15.5. The number of hydrogen-bond acceptors (Lipinski definition) is 6. The molecule has 1 N–H and O–H groups in total. The predicted molar refractivity (Wildman–Crippen MR) is 153 cm³/mol. The van der Waals surface area contributed by atoms with Crippen LogP contribution in [0, 0.1) is 11.8 Å². The summed E-state index contributed by atoms with van der Waals surface area (Å²) < 4.78 is 6.08. The lowest BCUT2D eigenvalue weighted by Gasteiger charge is -2.27. The highest BCUT2D eigenvalue weighted by molar-refractivity contribution is 5.92. The molecule has 0 atom stereocenters. The topological polar surface area (TPSA) is 83.9 Å². The van der Waals surface area contributed by atoms with E-state index in [1.807, 2.05) is 83.1 Å². The molecule has 1 aliphatic heterocycles. The van der Waals surface area contributed by atoms with E-state index in [1.54, 1.807) is 0 Å². The lowest BCUT2D eigenvalue weighted by Crippen LogP contribution is -2.30. The number of para-hydroxylation sites is 1. The Balaban J connectivity index is 0.00000115. The van der Waals surface area contributed by atoms with Crippen LogP contribution in [-0.2, 0) is 11.3 Å². The molecule has 1 saturated heterocycles. The van der Waals surface area contributed by atoms with Gasteiger partial charge in [0.1, 0.15) is 11.5 Å². The third-order valence-electron chi connectivity index (χ3n) is 5.95. The number of likely N-dealkylation sites (tertiary alicyclic amines) is 1. The zero-order valence-corrected chi connectivity index (χ0v) is 22.8. The van der Waals surface area contributed by atoms with E-state index >= 15 is 0 Å². The van der Waals surface area contributed by atoms with Gasteiger partial charge in [0, 0.05) is 17.1 Å². The van der Waals surface area contributed by atoms with Crippen LogP contribution in [0.4, 0.5) is 0 Å². The Hall–Kier alpha value is -3.58. The number of rotatable bonds is 8. The van der Waals surface area contributed by atoms with E-state index in [0.717, 1.165) is 53.2 Å². The summed E-state index contributed by atoms with van der Waals surface area (Å²) in [5, 5.41) is 7.41. The molecular formula is C30H40N4O3. The van der Waals surface area contributed by atoms with Crippen molar-refractivity contribution in [2.45, 2.75) is 60.4 Å². The fourth-order valence-corrected chi connectivity index (χ4v) is 4.23. The molecule has 0 spiro atoms. The van der Waals surface area contributed by atoms with E-state index in [9.17, 15) is 9.70 Å². The van der Waals surface area contributed by atoms with E-state index in [4.69, 9.17) is 9.72 Å². The molecule has 1 aromatic heterocycles. The molecule has 3 aromatic rings. The molecule has 1 amide bonds. The van der Waals surface area contributed by atoms with Crippen LogP contribution in [0.25, 0.3) is 16.5 Å². The zero-order chi connectivity index (χ0) is 27.2. The van der Waals surface area contributed by atoms with Gasteiger partial charge in [0.05, 0.1) is 23.6 Å². The summed E-state index contributed by atoms with van der Waals surface area (Å²) in [6.45, 7) is 16.7. The number of carbonyl (C=O) groups is 1. The molecule has 0 aliphatic carbocycles. The smallest absolute Gasteiger partial charge is 0.305 e. The first-order chi connectivity index (χ1) is 18.0. The number of fused-ring (bicyclic) bond motifs is 1. The van der Waals surface area contributed by atoms with Crippen LogP contribution < -0.4 is 10.1 Å². The van der Waals surface area contributed by atoms with Crippen molar-refractivity contribution in [2.75, 3.05) is 19.6 Å². The molecule has 0 saturated carbocycles. The second-order valence-corrected chi connectivity index (χ2v) is 8.31. The van der Waals surface area contributed by atoms with Crippen LogP contribution in [0.1, 0.15) is 63.9 Å². The van der Waals surface area contributed by atoms with Crippen molar-refractivity contribution in [3.8, 4) is 11.5 Å². The van der Waals surface area contributed by atoms with Crippen LogP contribution >= 0.6 is 0 Å². The van der Waals surface area contributed by atoms with Gasteiger partial charge in [-0.05, 0) is 68.1 Å². The number of amides is 1. The van der Waals surface area contributed by atoms with Gasteiger partial charge >= 0.3 is 5.91 Å². The highest BCUT2D eigenvalue weighted by Gasteiger charge is 2.18. The van der Waals surface area contributed by atoms with Gasteiger partial charge in [0.25, 0.3) is 0 Å². The van der Waals surface area contributed by atoms with Crippen molar-refractivity contribution >= 4 is 22.4 Å². The number of ether oxygens (including phenoxy) is 1. The summed E-state index contributed by atoms with van der Waals surface area (Å²) in [5.74, 6) is 0.759. The normalized spacial score (nSPS) is 12.9. The summed E-state index contributed by atoms with van der Waals surface area (Å²) in [4.78, 5) is 29.2. The lowest BCUT2D eigenvalue weighted by molar-refractivity contribution is -0.116. The maximum Gasteiger partial charge on any atom is 0.305 e. The molecule has 2 heterocycles. The largest absolute Gasteiger partial charge is 0.457 e. The van der Waals surface area contributed by atoms with Gasteiger partial charge in [-0.2, -0.15) is 0 Å². The Labute approximate surface area is 220 Å². The highest BCUT2D eigenvalue weighted by atomic mass is 16.5. The van der Waals surface area contributed by atoms with Gasteiger partial charge in [-0.25, -0.2) is 4.98 Å². The third-order valence-corrected chi connectivity index (χ3v) is 5.95. The average molecular weight is 505 g/mol. The van der Waals surface area contributed by atoms with Crippen LogP contribution in [0.3, 0.4) is 0 Å². The third kappa shape index (κ3) is 8.22. The number of piperidine rings is 1. The number of nitrogens with one attached hydrogen (secondary N) is 1. The molecular weight excluding hydrogens is 464 g/mol. The van der Waals surface area contributed by atoms with Gasteiger partial charge in [-0.15, -0.1) is 4.91 Å². The van der Waals surface area contributed by atoms with Crippen molar-refractivity contribution in [1.82, 2.24) is 15.2 Å². The van der Waals surface area contributed by atoms with Gasteiger partial charge in [-0.1, -0.05) is 65.0 Å². The SMILES string of the molecule is C=C(NCC(=O)N=O)c1nc(CN2CCCCC2)c2cc(Oc3ccccc3)ccc2c1C.CC.CC. The van der Waals surface area contributed by atoms with E-state index in [2.05, 4.69) is 22.0 Å². The van der Waals surface area contributed by atoms with Crippen LogP contribution in [0.2, 0.25) is 0 Å². The summed E-state index contributed by atoms with van der Waals surface area (Å²) >= 11 is 0. The van der Waals surface area contributed by atoms with Crippen molar-refractivity contribution < 1.29 is 9.53 Å². The van der Waals surface area contributed by atoms with Crippen LogP contribution in [0.15, 0.2) is 60.3 Å². The van der Waals surface area contributed by atoms with E-state index < -0.39 is 5.91 Å². The van der Waals surface area contributed by atoms with Gasteiger partial charge in [0.15, 0.2) is 0 Å². The van der Waals surface area contributed by atoms with Crippen molar-refractivity contribution in [1.29, 1.82) is 0 Å². The number of hydrogen-bond donors (Lipinski definition) is 1. The summed E-state index contributed by atoms with van der Waals surface area (Å²) in [7, 11) is 0.